The quantitative estimate of drug-likeness (QED) is 0.647. The van der Waals surface area contributed by atoms with Crippen molar-refractivity contribution in [1.29, 1.82) is 0 Å². The Labute approximate surface area is 171 Å². The van der Waals surface area contributed by atoms with Gasteiger partial charge in [0.2, 0.25) is 5.91 Å². The fraction of sp³-hybridized carbons (Fsp3) is 0.227. The van der Waals surface area contributed by atoms with Crippen molar-refractivity contribution in [3.63, 3.8) is 0 Å². The maximum Gasteiger partial charge on any atom is 0.298 e. The summed E-state index contributed by atoms with van der Waals surface area (Å²) in [5.74, 6) is -0.384. The number of aromatic nitrogens is 2. The smallest absolute Gasteiger partial charge is 0.298 e. The van der Waals surface area contributed by atoms with Crippen molar-refractivity contribution in [2.45, 2.75) is 31.2 Å². The zero-order chi connectivity index (χ0) is 20.6. The molecule has 0 aliphatic carbocycles. The van der Waals surface area contributed by atoms with E-state index in [4.69, 9.17) is 4.74 Å². The third-order valence-corrected chi connectivity index (χ3v) is 6.25. The standard InChI is InChI=1S/C22H18N4O4/c1-12-18(27)26-16-9-5-3-7-14(16)22(21(26)24-12)10-17(20(29)30-22)25-11-23-15-8-4-2-6-13(15)19(25)28/h2-9,11-12,21,24,29H,10H2,1H3/t12-,21-,22-/m1/s1. The zero-order valence-electron chi connectivity index (χ0n) is 16.1. The van der Waals surface area contributed by atoms with Gasteiger partial charge >= 0.3 is 0 Å². The van der Waals surface area contributed by atoms with Crippen molar-refractivity contribution < 1.29 is 14.6 Å². The number of aliphatic hydroxyl groups is 1. The van der Waals surface area contributed by atoms with Gasteiger partial charge in [0.1, 0.15) is 18.2 Å². The van der Waals surface area contributed by atoms with Crippen molar-refractivity contribution >= 4 is 28.2 Å². The number of carbonyl (C=O) groups excluding carboxylic acids is 1. The van der Waals surface area contributed by atoms with Gasteiger partial charge in [0.25, 0.3) is 11.5 Å². The molecular weight excluding hydrogens is 384 g/mol. The summed E-state index contributed by atoms with van der Waals surface area (Å²) in [4.78, 5) is 31.9. The predicted octanol–water partition coefficient (Wildman–Crippen LogP) is 2.06. The van der Waals surface area contributed by atoms with Gasteiger partial charge in [-0.2, -0.15) is 0 Å². The molecule has 1 saturated heterocycles. The number of rotatable bonds is 1. The molecule has 2 aromatic carbocycles. The largest absolute Gasteiger partial charge is 0.480 e. The number of hydrogen-bond acceptors (Lipinski definition) is 6. The highest BCUT2D eigenvalue weighted by atomic mass is 16.6. The highest BCUT2D eigenvalue weighted by Gasteiger charge is 2.62. The molecule has 1 amide bonds. The number of amides is 1. The summed E-state index contributed by atoms with van der Waals surface area (Å²) < 4.78 is 7.40. The number of benzene rings is 2. The van der Waals surface area contributed by atoms with E-state index in [0.29, 0.717) is 16.6 Å². The number of hydrogen-bond donors (Lipinski definition) is 2. The van der Waals surface area contributed by atoms with Crippen LogP contribution in [0.1, 0.15) is 18.9 Å². The SMILES string of the molecule is C[C@H]1N[C@@H]2N(C1=O)c1ccccc1[C@]21CC(n2cnc3ccccc3c2=O)=C(O)O1. The Bertz CT molecular complexity index is 1330. The molecule has 2 N–H and O–H groups in total. The lowest BCUT2D eigenvalue weighted by Gasteiger charge is -2.31. The van der Waals surface area contributed by atoms with Crippen LogP contribution in [0.25, 0.3) is 16.6 Å². The van der Waals surface area contributed by atoms with Crippen LogP contribution < -0.4 is 15.8 Å². The van der Waals surface area contributed by atoms with Gasteiger partial charge in [-0.15, -0.1) is 0 Å². The average Bonchev–Trinajstić information content (AvgIpc) is 3.34. The molecule has 0 unspecified atom stereocenters. The fourth-order valence-electron chi connectivity index (χ4n) is 4.85. The van der Waals surface area contributed by atoms with Crippen LogP contribution >= 0.6 is 0 Å². The molecule has 6 rings (SSSR count). The Kier molecular flexibility index (Phi) is 3.27. The zero-order valence-corrected chi connectivity index (χ0v) is 16.1. The minimum absolute atomic E-state index is 0.0506. The highest BCUT2D eigenvalue weighted by molar-refractivity contribution is 6.02. The maximum atomic E-state index is 13.1. The monoisotopic (exact) mass is 402 g/mol. The molecular formula is C22H18N4O4. The van der Waals surface area contributed by atoms with Crippen LogP contribution in [0.3, 0.4) is 0 Å². The summed E-state index contributed by atoms with van der Waals surface area (Å²) in [7, 11) is 0. The first kappa shape index (κ1) is 17.2. The normalized spacial score (nSPS) is 27.1. The van der Waals surface area contributed by atoms with E-state index in [2.05, 4.69) is 10.3 Å². The summed E-state index contributed by atoms with van der Waals surface area (Å²) in [5, 5.41) is 14.5. The molecule has 3 aromatic rings. The third kappa shape index (κ3) is 2.01. The Hall–Kier alpha value is -3.65. The number of ether oxygens (including phenoxy) is 1. The first-order valence-electron chi connectivity index (χ1n) is 9.78. The topological polar surface area (TPSA) is 96.7 Å². The molecule has 1 aromatic heterocycles. The van der Waals surface area contributed by atoms with Crippen molar-refractivity contribution in [2.75, 3.05) is 4.90 Å². The Balaban J connectivity index is 1.50. The minimum atomic E-state index is -1.03. The van der Waals surface area contributed by atoms with Crippen molar-refractivity contribution in [1.82, 2.24) is 14.9 Å². The van der Waals surface area contributed by atoms with Gasteiger partial charge in [-0.25, -0.2) is 4.98 Å². The van der Waals surface area contributed by atoms with Crippen molar-refractivity contribution in [2.24, 2.45) is 0 Å². The van der Waals surface area contributed by atoms with Gasteiger partial charge in [0.15, 0.2) is 5.60 Å². The molecule has 1 spiro atoms. The van der Waals surface area contributed by atoms with Crippen LogP contribution in [-0.2, 0) is 15.1 Å². The maximum absolute atomic E-state index is 13.1. The average molecular weight is 402 g/mol. The molecule has 3 aliphatic rings. The first-order chi connectivity index (χ1) is 14.5. The summed E-state index contributed by atoms with van der Waals surface area (Å²) in [6.45, 7) is 1.80. The molecule has 1 fully saturated rings. The highest BCUT2D eigenvalue weighted by Crippen LogP contribution is 2.55. The minimum Gasteiger partial charge on any atom is -0.480 e. The summed E-state index contributed by atoms with van der Waals surface area (Å²) in [6.07, 6.45) is 1.14. The van der Waals surface area contributed by atoms with Crippen LogP contribution in [0.4, 0.5) is 5.69 Å². The van der Waals surface area contributed by atoms with Crippen molar-refractivity contribution in [3.05, 3.63) is 76.7 Å². The fourth-order valence-corrected chi connectivity index (χ4v) is 4.85. The van der Waals surface area contributed by atoms with E-state index in [0.717, 1.165) is 11.3 Å². The lowest BCUT2D eigenvalue weighted by atomic mass is 9.89. The van der Waals surface area contributed by atoms with E-state index in [1.807, 2.05) is 30.3 Å². The molecule has 0 saturated carbocycles. The molecule has 150 valence electrons. The Morgan fingerprint density at radius 2 is 1.93 bits per heavy atom. The number of fused-ring (bicyclic) bond motifs is 6. The molecule has 0 radical (unpaired) electrons. The molecule has 4 heterocycles. The lowest BCUT2D eigenvalue weighted by molar-refractivity contribution is -0.118. The van der Waals surface area contributed by atoms with Gasteiger partial charge in [-0.05, 0) is 25.1 Å². The summed E-state index contributed by atoms with van der Waals surface area (Å²) in [6, 6.07) is 14.2. The number of nitrogens with zero attached hydrogens (tertiary/aromatic N) is 3. The van der Waals surface area contributed by atoms with Gasteiger partial charge in [-0.1, -0.05) is 30.3 Å². The van der Waals surface area contributed by atoms with E-state index in [1.165, 1.54) is 10.9 Å². The lowest BCUT2D eigenvalue weighted by Crippen LogP contribution is -2.49. The van der Waals surface area contributed by atoms with Gasteiger partial charge < -0.3 is 9.84 Å². The second-order valence-corrected chi connectivity index (χ2v) is 7.87. The van der Waals surface area contributed by atoms with Gasteiger partial charge in [0, 0.05) is 12.0 Å². The molecule has 3 aliphatic heterocycles. The Morgan fingerprint density at radius 1 is 1.17 bits per heavy atom. The molecule has 0 bridgehead atoms. The number of anilines is 1. The van der Waals surface area contributed by atoms with Crippen LogP contribution in [0.15, 0.2) is 65.6 Å². The number of carbonyl (C=O) groups is 1. The number of aliphatic hydroxyl groups excluding tert-OH is 1. The van der Waals surface area contributed by atoms with Gasteiger partial charge in [-0.3, -0.25) is 24.4 Å². The second-order valence-electron chi connectivity index (χ2n) is 7.87. The third-order valence-electron chi connectivity index (χ3n) is 6.25. The number of nitrogens with one attached hydrogen (secondary N) is 1. The van der Waals surface area contributed by atoms with Crippen LogP contribution in [0, 0.1) is 0 Å². The second kappa shape index (κ2) is 5.70. The summed E-state index contributed by atoms with van der Waals surface area (Å²) in [5.41, 5.74) is 1.15. The van der Waals surface area contributed by atoms with E-state index >= 15 is 0 Å². The van der Waals surface area contributed by atoms with Crippen LogP contribution in [-0.4, -0.2) is 32.8 Å². The van der Waals surface area contributed by atoms with E-state index in [9.17, 15) is 14.7 Å². The molecule has 30 heavy (non-hydrogen) atoms. The van der Waals surface area contributed by atoms with Crippen LogP contribution in [0.5, 0.6) is 0 Å². The molecule has 8 heteroatoms. The molecule has 8 nitrogen and oxygen atoms in total. The van der Waals surface area contributed by atoms with E-state index in [1.54, 1.807) is 30.0 Å². The van der Waals surface area contributed by atoms with E-state index in [-0.39, 0.29) is 29.9 Å². The van der Waals surface area contributed by atoms with Crippen LogP contribution in [0.2, 0.25) is 0 Å². The summed E-state index contributed by atoms with van der Waals surface area (Å²) >= 11 is 0. The number of para-hydroxylation sites is 2. The molecule has 3 atom stereocenters. The predicted molar refractivity (Wildman–Crippen MR) is 110 cm³/mol. The van der Waals surface area contributed by atoms with E-state index < -0.39 is 11.8 Å². The van der Waals surface area contributed by atoms with Crippen molar-refractivity contribution in [3.8, 4) is 0 Å². The first-order valence-corrected chi connectivity index (χ1v) is 9.78. The van der Waals surface area contributed by atoms with Gasteiger partial charge in [0.05, 0.1) is 22.6 Å². The Morgan fingerprint density at radius 3 is 2.80 bits per heavy atom.